The fourth-order valence-electron chi connectivity index (χ4n) is 10.3. The van der Waals surface area contributed by atoms with E-state index >= 15 is 0 Å². The van der Waals surface area contributed by atoms with Crippen LogP contribution in [0.5, 0.6) is 0 Å². The summed E-state index contributed by atoms with van der Waals surface area (Å²) >= 11 is 0. The van der Waals surface area contributed by atoms with Gasteiger partial charge in [0.2, 0.25) is 5.91 Å². The Labute approximate surface area is 437 Å². The first-order valence-electron chi connectivity index (χ1n) is 31.9. The van der Waals surface area contributed by atoms with Crippen molar-refractivity contribution in [2.75, 3.05) is 13.2 Å². The van der Waals surface area contributed by atoms with Gasteiger partial charge in [-0.2, -0.15) is 0 Å². The van der Waals surface area contributed by atoms with E-state index in [-0.39, 0.29) is 18.5 Å². The third kappa shape index (κ3) is 53.1. The van der Waals surface area contributed by atoms with E-state index in [4.69, 9.17) is 4.74 Å². The van der Waals surface area contributed by atoms with Crippen LogP contribution in [0.15, 0.2) is 0 Å². The third-order valence-corrected chi connectivity index (χ3v) is 15.2. The third-order valence-electron chi connectivity index (χ3n) is 15.2. The van der Waals surface area contributed by atoms with Crippen LogP contribution in [0.2, 0.25) is 0 Å². The summed E-state index contributed by atoms with van der Waals surface area (Å²) in [4.78, 5) is 24.6. The molecule has 0 saturated carbocycles. The number of nitrogens with one attached hydrogen (secondary N) is 1. The highest BCUT2D eigenvalue weighted by Crippen LogP contribution is 2.19. The highest BCUT2D eigenvalue weighted by Gasteiger charge is 2.26. The van der Waals surface area contributed by atoms with Gasteiger partial charge in [0.25, 0.3) is 0 Å². The summed E-state index contributed by atoms with van der Waals surface area (Å²) in [6, 6.07) is -0.811. The molecule has 0 spiro atoms. The number of rotatable bonds is 60. The molecule has 0 aromatic heterocycles. The first kappa shape index (κ1) is 68.8. The number of esters is 1. The zero-order chi connectivity index (χ0) is 50.9. The van der Waals surface area contributed by atoms with Gasteiger partial charge < -0.3 is 25.4 Å². The fraction of sp³-hybridized carbons (Fsp3) is 0.968. The summed E-state index contributed by atoms with van der Waals surface area (Å²) in [5, 5.41) is 33.7. The molecule has 0 bridgehead atoms. The topological polar surface area (TPSA) is 116 Å². The number of unbranched alkanes of at least 4 members (excludes halogenated alkanes) is 48. The molecule has 4 N–H and O–H groups in total. The normalized spacial score (nSPS) is 12.9. The van der Waals surface area contributed by atoms with Crippen LogP contribution in [0.1, 0.15) is 361 Å². The molecule has 0 aliphatic rings. The highest BCUT2D eigenvalue weighted by atomic mass is 16.5. The molecule has 1 amide bonds. The number of amides is 1. The van der Waals surface area contributed by atoms with Gasteiger partial charge in [-0.1, -0.05) is 322 Å². The minimum absolute atomic E-state index is 0.0157. The van der Waals surface area contributed by atoms with Crippen molar-refractivity contribution >= 4 is 11.9 Å². The summed E-state index contributed by atoms with van der Waals surface area (Å²) in [5.74, 6) is -0.129. The lowest BCUT2D eigenvalue weighted by Crippen LogP contribution is -2.50. The van der Waals surface area contributed by atoms with Gasteiger partial charge in [0, 0.05) is 12.8 Å². The molecule has 7 nitrogen and oxygen atoms in total. The number of aliphatic hydroxyl groups is 3. The minimum atomic E-state index is -1.14. The maximum Gasteiger partial charge on any atom is 0.305 e. The second-order valence-electron chi connectivity index (χ2n) is 22.2. The molecule has 7 heteroatoms. The van der Waals surface area contributed by atoms with Gasteiger partial charge in [-0.3, -0.25) is 9.59 Å². The summed E-state index contributed by atoms with van der Waals surface area (Å²) in [6.45, 7) is 4.79. The average molecular weight is 993 g/mol. The second kappa shape index (κ2) is 58.7. The molecule has 0 saturated heterocycles. The molecule has 0 aliphatic carbocycles. The van der Waals surface area contributed by atoms with Crippen LogP contribution in [0, 0.1) is 0 Å². The van der Waals surface area contributed by atoms with Gasteiger partial charge in [-0.15, -0.1) is 0 Å². The Morgan fingerprint density at radius 1 is 0.357 bits per heavy atom. The molecule has 0 aromatic rings. The molecule has 0 aromatic carbocycles. The Hall–Kier alpha value is -1.18. The Kier molecular flexibility index (Phi) is 57.7. The molecule has 0 fully saturated rings. The average Bonchev–Trinajstić information content (AvgIpc) is 3.36. The SMILES string of the molecule is CCCCCCCCCCCCCCCCCC(=O)OCCCCCCCCCCCCCCCCCCCCCCCCCCC(=O)N[C@@H](CO)[C@H](O)[C@H](O)CCCCCCCCCCCCCC. The van der Waals surface area contributed by atoms with Crippen LogP contribution < -0.4 is 5.32 Å². The summed E-state index contributed by atoms with van der Waals surface area (Å²) in [5.41, 5.74) is 0. The molecule has 0 rings (SSSR count). The molecule has 0 unspecified atom stereocenters. The van der Waals surface area contributed by atoms with Gasteiger partial charge in [0.15, 0.2) is 0 Å². The maximum atomic E-state index is 12.5. The Bertz CT molecular complexity index is 1020. The van der Waals surface area contributed by atoms with Crippen LogP contribution in [0.3, 0.4) is 0 Å². The van der Waals surface area contributed by atoms with E-state index in [0.29, 0.717) is 25.9 Å². The van der Waals surface area contributed by atoms with Gasteiger partial charge in [0.1, 0.15) is 6.10 Å². The van der Waals surface area contributed by atoms with Crippen molar-refractivity contribution in [3.05, 3.63) is 0 Å². The van der Waals surface area contributed by atoms with E-state index in [9.17, 15) is 24.9 Å². The summed E-state index contributed by atoms with van der Waals surface area (Å²) in [6.07, 6.45) is 65.8. The number of carbonyl (C=O) groups is 2. The lowest BCUT2D eigenvalue weighted by atomic mass is 9.99. The first-order chi connectivity index (χ1) is 34.5. The molecule has 0 aliphatic heterocycles. The molecule has 3 atom stereocenters. The summed E-state index contributed by atoms with van der Waals surface area (Å²) < 4.78 is 5.49. The quantitative estimate of drug-likeness (QED) is 0.0356. The van der Waals surface area contributed by atoms with E-state index in [2.05, 4.69) is 19.2 Å². The van der Waals surface area contributed by atoms with E-state index in [1.807, 2.05) is 0 Å². The van der Waals surface area contributed by atoms with Crippen LogP contribution in [0.4, 0.5) is 0 Å². The Morgan fingerprint density at radius 3 is 0.914 bits per heavy atom. The highest BCUT2D eigenvalue weighted by molar-refractivity contribution is 5.76. The number of aliphatic hydroxyl groups excluding tert-OH is 3. The molecule has 0 heterocycles. The van der Waals surface area contributed by atoms with Gasteiger partial charge in [0.05, 0.1) is 25.4 Å². The van der Waals surface area contributed by atoms with Crippen molar-refractivity contribution in [2.24, 2.45) is 0 Å². The van der Waals surface area contributed by atoms with Crippen molar-refractivity contribution < 1.29 is 29.6 Å². The smallest absolute Gasteiger partial charge is 0.305 e. The van der Waals surface area contributed by atoms with E-state index < -0.39 is 18.2 Å². The Morgan fingerprint density at radius 2 is 0.614 bits per heavy atom. The van der Waals surface area contributed by atoms with Gasteiger partial charge in [-0.25, -0.2) is 0 Å². The zero-order valence-corrected chi connectivity index (χ0v) is 47.4. The molecular formula is C63H125NO6. The predicted octanol–water partition coefficient (Wildman–Crippen LogP) is 18.8. The van der Waals surface area contributed by atoms with Crippen LogP contribution in [0.25, 0.3) is 0 Å². The van der Waals surface area contributed by atoms with Crippen LogP contribution >= 0.6 is 0 Å². The molecule has 0 radical (unpaired) electrons. The van der Waals surface area contributed by atoms with Crippen molar-refractivity contribution in [3.8, 4) is 0 Å². The first-order valence-corrected chi connectivity index (χ1v) is 31.9. The van der Waals surface area contributed by atoms with Crippen molar-refractivity contribution in [3.63, 3.8) is 0 Å². The number of ether oxygens (including phenoxy) is 1. The summed E-state index contributed by atoms with van der Waals surface area (Å²) in [7, 11) is 0. The molecule has 70 heavy (non-hydrogen) atoms. The lowest BCUT2D eigenvalue weighted by molar-refractivity contribution is -0.143. The van der Waals surface area contributed by atoms with Gasteiger partial charge in [-0.05, 0) is 25.7 Å². The van der Waals surface area contributed by atoms with Gasteiger partial charge >= 0.3 is 5.97 Å². The molecule has 418 valence electrons. The Balaban J connectivity index is 3.38. The second-order valence-corrected chi connectivity index (χ2v) is 22.2. The lowest BCUT2D eigenvalue weighted by Gasteiger charge is -2.26. The standard InChI is InChI=1S/C63H125NO6/c1-3-5-7-9-11-13-15-17-28-32-36-40-44-48-52-56-62(68)70-57-53-49-45-41-37-33-30-27-25-23-21-19-18-20-22-24-26-29-31-35-39-43-47-51-55-61(67)64-59(58-65)63(69)60(66)54-50-46-42-38-34-16-14-12-10-8-6-4-2/h59-60,63,65-66,69H,3-58H2,1-2H3,(H,64,67)/t59-,60+,63-/m0/s1. The monoisotopic (exact) mass is 992 g/mol. The van der Waals surface area contributed by atoms with Crippen LogP contribution in [-0.2, 0) is 14.3 Å². The van der Waals surface area contributed by atoms with Crippen molar-refractivity contribution in [2.45, 2.75) is 379 Å². The number of carbonyl (C=O) groups excluding carboxylic acids is 2. The van der Waals surface area contributed by atoms with Crippen LogP contribution in [-0.4, -0.2) is 58.7 Å². The number of hydrogen-bond donors (Lipinski definition) is 4. The largest absolute Gasteiger partial charge is 0.466 e. The van der Waals surface area contributed by atoms with Crippen molar-refractivity contribution in [1.29, 1.82) is 0 Å². The van der Waals surface area contributed by atoms with E-state index in [1.165, 1.54) is 276 Å². The minimum Gasteiger partial charge on any atom is -0.466 e. The van der Waals surface area contributed by atoms with Crippen molar-refractivity contribution in [1.82, 2.24) is 5.32 Å². The number of hydrogen-bond acceptors (Lipinski definition) is 6. The molecular weight excluding hydrogens is 867 g/mol. The van der Waals surface area contributed by atoms with E-state index in [1.54, 1.807) is 0 Å². The fourth-order valence-corrected chi connectivity index (χ4v) is 10.3. The predicted molar refractivity (Wildman–Crippen MR) is 303 cm³/mol. The maximum absolute atomic E-state index is 12.5. The zero-order valence-electron chi connectivity index (χ0n) is 47.4. The van der Waals surface area contributed by atoms with E-state index in [0.717, 1.165) is 51.4 Å².